The van der Waals surface area contributed by atoms with Gasteiger partial charge in [-0.05, 0) is 43.2 Å². The number of hydrogen-bond donors (Lipinski definition) is 1. The quantitative estimate of drug-likeness (QED) is 0.796. The lowest BCUT2D eigenvalue weighted by Gasteiger charge is -2.37. The lowest BCUT2D eigenvalue weighted by molar-refractivity contribution is -0.141. The third-order valence-corrected chi connectivity index (χ3v) is 5.69. The highest BCUT2D eigenvalue weighted by Gasteiger charge is 2.31. The third kappa shape index (κ3) is 4.71. The van der Waals surface area contributed by atoms with E-state index in [2.05, 4.69) is 18.4 Å². The third-order valence-electron chi connectivity index (χ3n) is 4.69. The van der Waals surface area contributed by atoms with E-state index in [0.717, 1.165) is 25.8 Å². The van der Waals surface area contributed by atoms with Crippen LogP contribution >= 0.6 is 23.7 Å². The minimum absolute atomic E-state index is 0. The number of carboxylic acids is 1. The monoisotopic (exact) mass is 374 g/mol. The van der Waals surface area contributed by atoms with Crippen LogP contribution in [-0.2, 0) is 16.0 Å². The van der Waals surface area contributed by atoms with E-state index in [1.165, 1.54) is 10.4 Å². The Morgan fingerprint density at radius 1 is 1.42 bits per heavy atom. The van der Waals surface area contributed by atoms with E-state index in [1.54, 1.807) is 16.2 Å². The summed E-state index contributed by atoms with van der Waals surface area (Å²) >= 11 is 1.76. The molecule has 1 N–H and O–H groups in total. The number of amides is 1. The van der Waals surface area contributed by atoms with Gasteiger partial charge in [-0.15, -0.1) is 23.7 Å². The summed E-state index contributed by atoms with van der Waals surface area (Å²) in [5.74, 6) is -0.848. The van der Waals surface area contributed by atoms with Crippen molar-refractivity contribution in [1.29, 1.82) is 0 Å². The van der Waals surface area contributed by atoms with Crippen molar-refractivity contribution in [3.05, 3.63) is 21.9 Å². The molecule has 1 amide bonds. The van der Waals surface area contributed by atoms with Crippen molar-refractivity contribution in [3.63, 3.8) is 0 Å². The summed E-state index contributed by atoms with van der Waals surface area (Å²) in [7, 11) is 0. The molecule has 1 aliphatic heterocycles. The zero-order valence-corrected chi connectivity index (χ0v) is 16.2. The minimum Gasteiger partial charge on any atom is -0.480 e. The number of carboxylic acid groups (broad SMARTS) is 1. The fraction of sp³-hybridized carbons (Fsp3) is 0.647. The van der Waals surface area contributed by atoms with Crippen molar-refractivity contribution in [2.45, 2.75) is 52.1 Å². The van der Waals surface area contributed by atoms with Crippen molar-refractivity contribution >= 4 is 35.6 Å². The molecule has 1 aromatic rings. The highest BCUT2D eigenvalue weighted by Crippen LogP contribution is 2.35. The molecule has 0 spiro atoms. The second kappa shape index (κ2) is 9.39. The molecule has 7 heteroatoms. The van der Waals surface area contributed by atoms with Crippen LogP contribution in [0.1, 0.15) is 50.1 Å². The lowest BCUT2D eigenvalue weighted by Crippen LogP contribution is -2.48. The number of fused-ring (bicyclic) bond motifs is 1. The van der Waals surface area contributed by atoms with Gasteiger partial charge in [0, 0.05) is 17.5 Å². The van der Waals surface area contributed by atoms with Crippen LogP contribution in [0.3, 0.4) is 0 Å². The highest BCUT2D eigenvalue weighted by molar-refractivity contribution is 7.10. The Bertz CT molecular complexity index is 564. The molecule has 2 atom stereocenters. The first kappa shape index (κ1) is 20.9. The molecule has 24 heavy (non-hydrogen) atoms. The number of hydrogen-bond acceptors (Lipinski definition) is 4. The standard InChI is InChI=1S/C17H26N2O3S.ClH/c1-4-12(3)18(11-17(21)22)10-16(20)19-8-6-15-13(7-9-23-15)14(19)5-2;/h7,9,12,14H,4-6,8,10-11H2,1-3H3,(H,21,22);1H. The zero-order chi connectivity index (χ0) is 17.0. The first-order valence-electron chi connectivity index (χ1n) is 8.29. The van der Waals surface area contributed by atoms with Crippen LogP contribution in [0.25, 0.3) is 0 Å². The van der Waals surface area contributed by atoms with Crippen molar-refractivity contribution < 1.29 is 14.7 Å². The van der Waals surface area contributed by atoms with Gasteiger partial charge in [0.15, 0.2) is 0 Å². The smallest absolute Gasteiger partial charge is 0.317 e. The first-order chi connectivity index (χ1) is 11.0. The maximum absolute atomic E-state index is 12.8. The number of carbonyl (C=O) groups is 2. The summed E-state index contributed by atoms with van der Waals surface area (Å²) in [5.41, 5.74) is 1.27. The molecule has 2 unspecified atom stereocenters. The SMILES string of the molecule is CCC(C)N(CC(=O)O)CC(=O)N1CCc2sccc2C1CC.Cl. The molecule has 0 bridgehead atoms. The second-order valence-electron chi connectivity index (χ2n) is 6.12. The molecule has 0 aromatic carbocycles. The van der Waals surface area contributed by atoms with Crippen molar-refractivity contribution in [1.82, 2.24) is 9.80 Å². The number of rotatable bonds is 7. The van der Waals surface area contributed by atoms with Gasteiger partial charge in [0.05, 0.1) is 19.1 Å². The van der Waals surface area contributed by atoms with Crippen LogP contribution < -0.4 is 0 Å². The summed E-state index contributed by atoms with van der Waals surface area (Å²) in [5, 5.41) is 11.2. The number of nitrogens with zero attached hydrogens (tertiary/aromatic N) is 2. The van der Waals surface area contributed by atoms with Crippen molar-refractivity contribution in [2.24, 2.45) is 0 Å². The summed E-state index contributed by atoms with van der Waals surface area (Å²) in [6.45, 7) is 6.90. The molecular formula is C17H27ClN2O3S. The molecule has 136 valence electrons. The van der Waals surface area contributed by atoms with Crippen LogP contribution in [-0.4, -0.2) is 52.5 Å². The summed E-state index contributed by atoms with van der Waals surface area (Å²) in [6, 6.07) is 2.33. The van der Waals surface area contributed by atoms with Gasteiger partial charge in [0.25, 0.3) is 0 Å². The van der Waals surface area contributed by atoms with E-state index in [9.17, 15) is 9.59 Å². The van der Waals surface area contributed by atoms with Crippen LogP contribution in [0.2, 0.25) is 0 Å². The van der Waals surface area contributed by atoms with Gasteiger partial charge in [-0.2, -0.15) is 0 Å². The normalized spacial score (nSPS) is 18.0. The van der Waals surface area contributed by atoms with Crippen LogP contribution in [0.15, 0.2) is 11.4 Å². The summed E-state index contributed by atoms with van der Waals surface area (Å²) in [4.78, 5) is 29.0. The summed E-state index contributed by atoms with van der Waals surface area (Å²) < 4.78 is 0. The average Bonchev–Trinajstić information content (AvgIpc) is 3.00. The number of aliphatic carboxylic acids is 1. The second-order valence-corrected chi connectivity index (χ2v) is 7.12. The van der Waals surface area contributed by atoms with Gasteiger partial charge in [-0.25, -0.2) is 0 Å². The van der Waals surface area contributed by atoms with Gasteiger partial charge >= 0.3 is 5.97 Å². The van der Waals surface area contributed by atoms with Gasteiger partial charge in [0.2, 0.25) is 5.91 Å². The van der Waals surface area contributed by atoms with Gasteiger partial charge in [0.1, 0.15) is 0 Å². The van der Waals surface area contributed by atoms with Crippen molar-refractivity contribution in [3.8, 4) is 0 Å². The molecular weight excluding hydrogens is 348 g/mol. The molecule has 0 saturated carbocycles. The minimum atomic E-state index is -0.885. The lowest BCUT2D eigenvalue weighted by atomic mass is 9.97. The molecule has 1 aliphatic rings. The Morgan fingerprint density at radius 3 is 2.71 bits per heavy atom. The predicted octanol–water partition coefficient (Wildman–Crippen LogP) is 3.19. The Morgan fingerprint density at radius 2 is 2.12 bits per heavy atom. The average molecular weight is 375 g/mol. The highest BCUT2D eigenvalue weighted by atomic mass is 35.5. The fourth-order valence-electron chi connectivity index (χ4n) is 3.20. The van der Waals surface area contributed by atoms with E-state index in [-0.39, 0.29) is 43.5 Å². The molecule has 2 heterocycles. The molecule has 0 radical (unpaired) electrons. The topological polar surface area (TPSA) is 60.9 Å². The van der Waals surface area contributed by atoms with Crippen molar-refractivity contribution in [2.75, 3.05) is 19.6 Å². The molecule has 5 nitrogen and oxygen atoms in total. The van der Waals surface area contributed by atoms with E-state index in [1.807, 2.05) is 18.7 Å². The van der Waals surface area contributed by atoms with Crippen LogP contribution in [0.4, 0.5) is 0 Å². The number of carbonyl (C=O) groups excluding carboxylic acids is 1. The molecule has 0 aliphatic carbocycles. The Labute approximate surface area is 154 Å². The van der Waals surface area contributed by atoms with Gasteiger partial charge < -0.3 is 10.0 Å². The maximum Gasteiger partial charge on any atom is 0.317 e. The number of halogens is 1. The van der Waals surface area contributed by atoms with E-state index < -0.39 is 5.97 Å². The molecule has 1 aromatic heterocycles. The van der Waals surface area contributed by atoms with E-state index >= 15 is 0 Å². The Kier molecular flexibility index (Phi) is 8.19. The van der Waals surface area contributed by atoms with E-state index in [4.69, 9.17) is 5.11 Å². The molecule has 2 rings (SSSR count). The molecule has 0 fully saturated rings. The van der Waals surface area contributed by atoms with Gasteiger partial charge in [-0.1, -0.05) is 13.8 Å². The Hall–Kier alpha value is -1.11. The Balaban J connectivity index is 0.00000288. The molecule has 0 saturated heterocycles. The number of thiophene rings is 1. The van der Waals surface area contributed by atoms with Crippen LogP contribution in [0.5, 0.6) is 0 Å². The fourth-order valence-corrected chi connectivity index (χ4v) is 4.13. The maximum atomic E-state index is 12.8. The summed E-state index contributed by atoms with van der Waals surface area (Å²) in [6.07, 6.45) is 2.61. The van der Waals surface area contributed by atoms with Crippen LogP contribution in [0, 0.1) is 0 Å². The van der Waals surface area contributed by atoms with E-state index in [0.29, 0.717) is 0 Å². The zero-order valence-electron chi connectivity index (χ0n) is 14.5. The predicted molar refractivity (Wildman–Crippen MR) is 99.0 cm³/mol. The van der Waals surface area contributed by atoms with Gasteiger partial charge in [-0.3, -0.25) is 14.5 Å². The first-order valence-corrected chi connectivity index (χ1v) is 9.17. The largest absolute Gasteiger partial charge is 0.480 e.